The third-order valence-corrected chi connectivity index (χ3v) is 5.51. The first-order valence-corrected chi connectivity index (χ1v) is 10.6. The fraction of sp³-hybridized carbons (Fsp3) is 0.500. The summed E-state index contributed by atoms with van der Waals surface area (Å²) in [5, 5.41) is 3.00. The van der Waals surface area contributed by atoms with Gasteiger partial charge < -0.3 is 19.9 Å². The van der Waals surface area contributed by atoms with Crippen molar-refractivity contribution >= 4 is 17.5 Å². The molecule has 0 bridgehead atoms. The van der Waals surface area contributed by atoms with Crippen LogP contribution in [-0.4, -0.2) is 53.2 Å². The number of piperidine rings is 1. The van der Waals surface area contributed by atoms with E-state index in [1.165, 1.54) is 19.3 Å². The highest BCUT2D eigenvalue weighted by Gasteiger charge is 2.23. The van der Waals surface area contributed by atoms with Crippen molar-refractivity contribution in [3.8, 4) is 0 Å². The van der Waals surface area contributed by atoms with Gasteiger partial charge in [-0.2, -0.15) is 0 Å². The first-order chi connectivity index (χ1) is 14.3. The molecular formula is C22H29N5O2. The number of nitrogens with one attached hydrogen (secondary N) is 1. The number of urea groups is 1. The number of carbonyl (C=O) groups is 1. The van der Waals surface area contributed by atoms with Gasteiger partial charge in [0.25, 0.3) is 0 Å². The zero-order valence-corrected chi connectivity index (χ0v) is 16.8. The molecule has 154 valence electrons. The smallest absolute Gasteiger partial charge is 0.322 e. The summed E-state index contributed by atoms with van der Waals surface area (Å²) in [5.74, 6) is 0.981. The van der Waals surface area contributed by atoms with Crippen molar-refractivity contribution in [3.63, 3.8) is 0 Å². The van der Waals surface area contributed by atoms with Gasteiger partial charge in [-0.3, -0.25) is 4.98 Å². The molecule has 29 heavy (non-hydrogen) atoms. The van der Waals surface area contributed by atoms with Crippen LogP contribution in [0.5, 0.6) is 0 Å². The molecule has 2 fully saturated rings. The van der Waals surface area contributed by atoms with Gasteiger partial charge in [-0.1, -0.05) is 6.07 Å². The molecule has 0 unspecified atom stereocenters. The summed E-state index contributed by atoms with van der Waals surface area (Å²) in [6, 6.07) is 7.66. The van der Waals surface area contributed by atoms with E-state index in [1.54, 1.807) is 23.5 Å². The van der Waals surface area contributed by atoms with Crippen molar-refractivity contribution in [3.05, 3.63) is 48.4 Å². The van der Waals surface area contributed by atoms with Gasteiger partial charge in [-0.05, 0) is 55.9 Å². The molecule has 2 aliphatic rings. The molecule has 0 radical (unpaired) electrons. The fourth-order valence-corrected chi connectivity index (χ4v) is 3.94. The standard InChI is InChI=1S/C22H29N5O2/c28-22(25-19-8-9-21(24-15-19)26-11-2-1-3-12-26)27(17-20-7-5-13-29-20)16-18-6-4-10-23-14-18/h4,6,8-10,14-15,20H,1-3,5,7,11-13,16-17H2,(H,25,28)/t20-/m1/s1. The number of carbonyl (C=O) groups excluding carboxylic acids is 1. The average molecular weight is 396 g/mol. The van der Waals surface area contributed by atoms with Crippen LogP contribution in [-0.2, 0) is 11.3 Å². The average Bonchev–Trinajstić information content (AvgIpc) is 3.28. The number of aromatic nitrogens is 2. The van der Waals surface area contributed by atoms with Crippen molar-refractivity contribution in [1.29, 1.82) is 0 Å². The Kier molecular flexibility index (Phi) is 6.56. The van der Waals surface area contributed by atoms with Crippen molar-refractivity contribution in [2.24, 2.45) is 0 Å². The number of hydrogen-bond donors (Lipinski definition) is 1. The Bertz CT molecular complexity index is 772. The highest BCUT2D eigenvalue weighted by atomic mass is 16.5. The molecular weight excluding hydrogens is 366 g/mol. The quantitative estimate of drug-likeness (QED) is 0.808. The van der Waals surface area contributed by atoms with E-state index < -0.39 is 0 Å². The van der Waals surface area contributed by atoms with E-state index in [4.69, 9.17) is 4.74 Å². The monoisotopic (exact) mass is 395 g/mol. The second kappa shape index (κ2) is 9.69. The van der Waals surface area contributed by atoms with E-state index in [-0.39, 0.29) is 12.1 Å². The number of rotatable bonds is 6. The molecule has 2 amide bonds. The Labute approximate surface area is 172 Å². The zero-order valence-electron chi connectivity index (χ0n) is 16.8. The molecule has 2 aromatic rings. The van der Waals surface area contributed by atoms with Crippen LogP contribution in [0.15, 0.2) is 42.9 Å². The zero-order chi connectivity index (χ0) is 19.9. The Morgan fingerprint density at radius 2 is 2.07 bits per heavy atom. The Morgan fingerprint density at radius 1 is 1.17 bits per heavy atom. The van der Waals surface area contributed by atoms with Crippen molar-refractivity contribution in [2.45, 2.75) is 44.8 Å². The second-order valence-corrected chi connectivity index (χ2v) is 7.76. The summed E-state index contributed by atoms with van der Waals surface area (Å²) in [4.78, 5) is 25.8. The number of ether oxygens (including phenoxy) is 1. The van der Waals surface area contributed by atoms with E-state index in [2.05, 4.69) is 20.2 Å². The van der Waals surface area contributed by atoms with E-state index in [9.17, 15) is 4.79 Å². The van der Waals surface area contributed by atoms with Crippen LogP contribution < -0.4 is 10.2 Å². The first-order valence-electron chi connectivity index (χ1n) is 10.6. The molecule has 2 saturated heterocycles. The highest BCUT2D eigenvalue weighted by molar-refractivity contribution is 5.89. The van der Waals surface area contributed by atoms with Crippen LogP contribution in [0.1, 0.15) is 37.7 Å². The van der Waals surface area contributed by atoms with Gasteiger partial charge in [0.2, 0.25) is 0 Å². The maximum atomic E-state index is 13.0. The summed E-state index contributed by atoms with van der Waals surface area (Å²) in [5.41, 5.74) is 1.71. The highest BCUT2D eigenvalue weighted by Crippen LogP contribution is 2.20. The van der Waals surface area contributed by atoms with Gasteiger partial charge in [0.1, 0.15) is 5.82 Å². The van der Waals surface area contributed by atoms with Gasteiger partial charge in [0, 0.05) is 45.2 Å². The molecule has 0 saturated carbocycles. The lowest BCUT2D eigenvalue weighted by molar-refractivity contribution is 0.0819. The molecule has 1 atom stereocenters. The Hall–Kier alpha value is -2.67. The molecule has 7 heteroatoms. The van der Waals surface area contributed by atoms with Crippen LogP contribution in [0.4, 0.5) is 16.3 Å². The summed E-state index contributed by atoms with van der Waals surface area (Å²) in [6.45, 7) is 3.95. The van der Waals surface area contributed by atoms with Gasteiger partial charge >= 0.3 is 6.03 Å². The summed E-state index contributed by atoms with van der Waals surface area (Å²) in [7, 11) is 0. The van der Waals surface area contributed by atoms with E-state index in [0.29, 0.717) is 18.8 Å². The molecule has 0 spiro atoms. The Morgan fingerprint density at radius 3 is 2.76 bits per heavy atom. The molecule has 4 rings (SSSR count). The van der Waals surface area contributed by atoms with Crippen molar-refractivity contribution in [1.82, 2.24) is 14.9 Å². The summed E-state index contributed by atoms with van der Waals surface area (Å²) in [6.07, 6.45) is 11.1. The van der Waals surface area contributed by atoms with E-state index in [0.717, 1.165) is 43.9 Å². The predicted octanol–water partition coefficient (Wildman–Crippen LogP) is 3.68. The SMILES string of the molecule is O=C(Nc1ccc(N2CCCCC2)nc1)N(Cc1cccnc1)C[C@H]1CCCO1. The van der Waals surface area contributed by atoms with E-state index in [1.807, 2.05) is 24.3 Å². The third kappa shape index (κ3) is 5.44. The molecule has 0 aromatic carbocycles. The minimum atomic E-state index is -0.142. The maximum Gasteiger partial charge on any atom is 0.322 e. The summed E-state index contributed by atoms with van der Waals surface area (Å²) < 4.78 is 5.75. The van der Waals surface area contributed by atoms with Gasteiger partial charge in [0.15, 0.2) is 0 Å². The van der Waals surface area contributed by atoms with Crippen LogP contribution >= 0.6 is 0 Å². The minimum absolute atomic E-state index is 0.0945. The van der Waals surface area contributed by atoms with E-state index >= 15 is 0 Å². The normalized spacial score (nSPS) is 19.2. The largest absolute Gasteiger partial charge is 0.376 e. The number of anilines is 2. The topological polar surface area (TPSA) is 70.6 Å². The Balaban J connectivity index is 1.40. The predicted molar refractivity (Wildman–Crippen MR) is 113 cm³/mol. The fourth-order valence-electron chi connectivity index (χ4n) is 3.94. The number of pyridine rings is 2. The minimum Gasteiger partial charge on any atom is -0.376 e. The molecule has 7 nitrogen and oxygen atoms in total. The van der Waals surface area contributed by atoms with Crippen LogP contribution in [0.2, 0.25) is 0 Å². The molecule has 2 aliphatic heterocycles. The van der Waals surface area contributed by atoms with Crippen LogP contribution in [0.3, 0.4) is 0 Å². The lowest BCUT2D eigenvalue weighted by atomic mass is 10.1. The molecule has 1 N–H and O–H groups in total. The summed E-state index contributed by atoms with van der Waals surface area (Å²) >= 11 is 0. The van der Waals surface area contributed by atoms with Gasteiger partial charge in [-0.25, -0.2) is 9.78 Å². The number of amides is 2. The molecule has 4 heterocycles. The van der Waals surface area contributed by atoms with Crippen LogP contribution in [0, 0.1) is 0 Å². The number of hydrogen-bond acceptors (Lipinski definition) is 5. The van der Waals surface area contributed by atoms with Gasteiger partial charge in [-0.15, -0.1) is 0 Å². The van der Waals surface area contributed by atoms with Crippen molar-refractivity contribution in [2.75, 3.05) is 36.5 Å². The molecule has 2 aromatic heterocycles. The lowest BCUT2D eigenvalue weighted by Gasteiger charge is -2.28. The van der Waals surface area contributed by atoms with Gasteiger partial charge in [0.05, 0.1) is 18.0 Å². The maximum absolute atomic E-state index is 13.0. The lowest BCUT2D eigenvalue weighted by Crippen LogP contribution is -2.39. The third-order valence-electron chi connectivity index (χ3n) is 5.51. The van der Waals surface area contributed by atoms with Crippen molar-refractivity contribution < 1.29 is 9.53 Å². The molecule has 0 aliphatic carbocycles. The first kappa shape index (κ1) is 19.6. The second-order valence-electron chi connectivity index (χ2n) is 7.76. The number of nitrogens with zero attached hydrogens (tertiary/aromatic N) is 4. The van der Waals surface area contributed by atoms with Crippen LogP contribution in [0.25, 0.3) is 0 Å².